The Morgan fingerprint density at radius 3 is 3.00 bits per heavy atom. The SMILES string of the molecule is Cc1c(NC(=O)C2CCn3cnnc3C2)cnn1C1CCOCC1. The highest BCUT2D eigenvalue weighted by atomic mass is 16.5. The molecule has 24 heavy (non-hydrogen) atoms. The molecular weight excluding hydrogens is 308 g/mol. The average molecular weight is 330 g/mol. The number of hydrogen-bond donors (Lipinski definition) is 1. The van der Waals surface area contributed by atoms with Gasteiger partial charge in [-0.1, -0.05) is 0 Å². The number of ether oxygens (including phenoxy) is 1. The maximum atomic E-state index is 12.6. The molecule has 1 saturated heterocycles. The van der Waals surface area contributed by atoms with Crippen molar-refractivity contribution in [2.45, 2.75) is 45.2 Å². The Kier molecular flexibility index (Phi) is 4.05. The Hall–Kier alpha value is -2.22. The number of aromatic nitrogens is 5. The highest BCUT2D eigenvalue weighted by molar-refractivity contribution is 5.93. The second kappa shape index (κ2) is 6.35. The maximum absolute atomic E-state index is 12.6. The summed E-state index contributed by atoms with van der Waals surface area (Å²) >= 11 is 0. The van der Waals surface area contributed by atoms with E-state index in [-0.39, 0.29) is 11.8 Å². The van der Waals surface area contributed by atoms with Gasteiger partial charge in [-0.15, -0.1) is 10.2 Å². The number of nitrogens with one attached hydrogen (secondary N) is 1. The summed E-state index contributed by atoms with van der Waals surface area (Å²) in [6.45, 7) is 4.35. The number of carbonyl (C=O) groups is 1. The smallest absolute Gasteiger partial charge is 0.228 e. The standard InChI is InChI=1S/C16H22N6O2/c1-11-14(9-18-22(11)13-3-6-24-7-4-13)19-16(23)12-2-5-21-10-17-20-15(21)8-12/h9-10,12-13H,2-8H2,1H3,(H,19,23). The van der Waals surface area contributed by atoms with E-state index >= 15 is 0 Å². The van der Waals surface area contributed by atoms with Crippen molar-refractivity contribution in [3.8, 4) is 0 Å². The quantitative estimate of drug-likeness (QED) is 0.917. The third-order valence-corrected chi connectivity index (χ3v) is 5.05. The predicted octanol–water partition coefficient (Wildman–Crippen LogP) is 1.34. The number of anilines is 1. The zero-order valence-corrected chi connectivity index (χ0v) is 13.8. The lowest BCUT2D eigenvalue weighted by Crippen LogP contribution is -2.30. The molecule has 128 valence electrons. The number of fused-ring (bicyclic) bond motifs is 1. The third-order valence-electron chi connectivity index (χ3n) is 5.05. The van der Waals surface area contributed by atoms with E-state index in [4.69, 9.17) is 4.74 Å². The minimum atomic E-state index is -0.0625. The van der Waals surface area contributed by atoms with E-state index in [0.717, 1.165) is 56.2 Å². The molecular formula is C16H22N6O2. The van der Waals surface area contributed by atoms with E-state index in [1.807, 2.05) is 16.2 Å². The molecule has 1 fully saturated rings. The molecule has 1 amide bonds. The van der Waals surface area contributed by atoms with Crippen molar-refractivity contribution in [3.05, 3.63) is 24.0 Å². The fraction of sp³-hybridized carbons (Fsp3) is 0.625. The normalized spacial score (nSPS) is 21.5. The molecule has 2 aromatic rings. The van der Waals surface area contributed by atoms with Crippen molar-refractivity contribution < 1.29 is 9.53 Å². The van der Waals surface area contributed by atoms with Crippen LogP contribution in [0.1, 0.15) is 36.8 Å². The third kappa shape index (κ3) is 2.82. The minimum absolute atomic E-state index is 0.0406. The fourth-order valence-corrected chi connectivity index (χ4v) is 3.54. The van der Waals surface area contributed by atoms with Gasteiger partial charge >= 0.3 is 0 Å². The summed E-state index contributed by atoms with van der Waals surface area (Å²) in [6, 6.07) is 0.359. The van der Waals surface area contributed by atoms with Gasteiger partial charge in [0, 0.05) is 32.1 Å². The van der Waals surface area contributed by atoms with E-state index in [9.17, 15) is 4.79 Å². The van der Waals surface area contributed by atoms with Crippen molar-refractivity contribution in [2.24, 2.45) is 5.92 Å². The molecule has 4 rings (SSSR count). The molecule has 2 aromatic heterocycles. The van der Waals surface area contributed by atoms with Gasteiger partial charge in [-0.3, -0.25) is 9.48 Å². The Balaban J connectivity index is 1.44. The summed E-state index contributed by atoms with van der Waals surface area (Å²) < 4.78 is 9.45. The summed E-state index contributed by atoms with van der Waals surface area (Å²) in [5.74, 6) is 0.863. The van der Waals surface area contributed by atoms with Crippen molar-refractivity contribution in [2.75, 3.05) is 18.5 Å². The van der Waals surface area contributed by atoms with Gasteiger partial charge in [0.05, 0.1) is 23.6 Å². The molecule has 8 nitrogen and oxygen atoms in total. The molecule has 1 unspecified atom stereocenters. The summed E-state index contributed by atoms with van der Waals surface area (Å²) in [7, 11) is 0. The van der Waals surface area contributed by atoms with Crippen LogP contribution < -0.4 is 5.32 Å². The lowest BCUT2D eigenvalue weighted by molar-refractivity contribution is -0.120. The lowest BCUT2D eigenvalue weighted by Gasteiger charge is -2.24. The zero-order chi connectivity index (χ0) is 16.5. The molecule has 0 aromatic carbocycles. The topological polar surface area (TPSA) is 86.9 Å². The van der Waals surface area contributed by atoms with Crippen LogP contribution in [0.4, 0.5) is 5.69 Å². The summed E-state index contributed by atoms with van der Waals surface area (Å²) in [6.07, 6.45) is 6.87. The second-order valence-electron chi connectivity index (χ2n) is 6.55. The molecule has 0 bridgehead atoms. The largest absolute Gasteiger partial charge is 0.381 e. The van der Waals surface area contributed by atoms with Gasteiger partial charge in [-0.05, 0) is 26.2 Å². The molecule has 2 aliphatic heterocycles. The molecule has 0 saturated carbocycles. The number of carbonyl (C=O) groups excluding carboxylic acids is 1. The van der Waals surface area contributed by atoms with Crippen LogP contribution in [0.2, 0.25) is 0 Å². The van der Waals surface area contributed by atoms with Crippen LogP contribution in [-0.4, -0.2) is 43.7 Å². The first-order chi connectivity index (χ1) is 11.7. The number of hydrogen-bond acceptors (Lipinski definition) is 5. The molecule has 2 aliphatic rings. The fourth-order valence-electron chi connectivity index (χ4n) is 3.54. The highest BCUT2D eigenvalue weighted by Gasteiger charge is 2.27. The Labute approximate surface area is 140 Å². The van der Waals surface area contributed by atoms with Crippen molar-refractivity contribution in [3.63, 3.8) is 0 Å². The van der Waals surface area contributed by atoms with E-state index < -0.39 is 0 Å². The van der Waals surface area contributed by atoms with Crippen molar-refractivity contribution in [1.29, 1.82) is 0 Å². The summed E-state index contributed by atoms with van der Waals surface area (Å²) in [5.41, 5.74) is 1.81. The van der Waals surface area contributed by atoms with Crippen LogP contribution >= 0.6 is 0 Å². The highest BCUT2D eigenvalue weighted by Crippen LogP contribution is 2.26. The van der Waals surface area contributed by atoms with Gasteiger partial charge < -0.3 is 14.6 Å². The minimum Gasteiger partial charge on any atom is -0.381 e. The summed E-state index contributed by atoms with van der Waals surface area (Å²) in [4.78, 5) is 12.6. The monoisotopic (exact) mass is 330 g/mol. The van der Waals surface area contributed by atoms with E-state index in [0.29, 0.717) is 12.5 Å². The molecule has 4 heterocycles. The molecule has 8 heteroatoms. The Morgan fingerprint density at radius 2 is 2.17 bits per heavy atom. The zero-order valence-electron chi connectivity index (χ0n) is 13.8. The van der Waals surface area contributed by atoms with Gasteiger partial charge in [0.15, 0.2) is 0 Å². The molecule has 1 N–H and O–H groups in total. The number of rotatable bonds is 3. The van der Waals surface area contributed by atoms with Crippen molar-refractivity contribution in [1.82, 2.24) is 24.5 Å². The van der Waals surface area contributed by atoms with Gasteiger partial charge in [-0.2, -0.15) is 5.10 Å². The van der Waals surface area contributed by atoms with Crippen LogP contribution in [0.3, 0.4) is 0 Å². The van der Waals surface area contributed by atoms with Crippen LogP contribution in [-0.2, 0) is 22.5 Å². The molecule has 0 aliphatic carbocycles. The van der Waals surface area contributed by atoms with E-state index in [1.54, 1.807) is 12.5 Å². The number of nitrogens with zero attached hydrogens (tertiary/aromatic N) is 5. The average Bonchev–Trinajstić information content (AvgIpc) is 3.22. The molecule has 0 radical (unpaired) electrons. The van der Waals surface area contributed by atoms with Gasteiger partial charge in [0.25, 0.3) is 0 Å². The first-order valence-corrected chi connectivity index (χ1v) is 8.52. The summed E-state index contributed by atoms with van der Waals surface area (Å²) in [5, 5.41) is 15.5. The predicted molar refractivity (Wildman–Crippen MR) is 86.5 cm³/mol. The van der Waals surface area contributed by atoms with Gasteiger partial charge in [-0.25, -0.2) is 0 Å². The van der Waals surface area contributed by atoms with Gasteiger partial charge in [0.1, 0.15) is 12.2 Å². The van der Waals surface area contributed by atoms with E-state index in [1.165, 1.54) is 0 Å². The Bertz CT molecular complexity index is 731. The van der Waals surface area contributed by atoms with Gasteiger partial charge in [0.2, 0.25) is 5.91 Å². The lowest BCUT2D eigenvalue weighted by atomic mass is 9.97. The van der Waals surface area contributed by atoms with Crippen LogP contribution in [0, 0.1) is 12.8 Å². The van der Waals surface area contributed by atoms with Crippen LogP contribution in [0.15, 0.2) is 12.5 Å². The second-order valence-corrected chi connectivity index (χ2v) is 6.55. The van der Waals surface area contributed by atoms with Crippen LogP contribution in [0.5, 0.6) is 0 Å². The first kappa shape index (κ1) is 15.3. The Morgan fingerprint density at radius 1 is 1.33 bits per heavy atom. The molecule has 1 atom stereocenters. The number of aryl methyl sites for hydroxylation is 1. The van der Waals surface area contributed by atoms with Crippen molar-refractivity contribution >= 4 is 11.6 Å². The van der Waals surface area contributed by atoms with E-state index in [2.05, 4.69) is 20.6 Å². The van der Waals surface area contributed by atoms with Crippen LogP contribution in [0.25, 0.3) is 0 Å². The number of amides is 1. The maximum Gasteiger partial charge on any atom is 0.228 e. The molecule has 0 spiro atoms. The first-order valence-electron chi connectivity index (χ1n) is 8.52.